The molecule has 4 heteroatoms. The van der Waals surface area contributed by atoms with Gasteiger partial charge in [0.15, 0.2) is 0 Å². The van der Waals surface area contributed by atoms with Gasteiger partial charge in [-0.1, -0.05) is 43.0 Å². The van der Waals surface area contributed by atoms with E-state index in [9.17, 15) is 0 Å². The summed E-state index contributed by atoms with van der Waals surface area (Å²) in [7, 11) is 0. The predicted octanol–water partition coefficient (Wildman–Crippen LogP) is 1.96. The van der Waals surface area contributed by atoms with Crippen LogP contribution in [0.15, 0.2) is 30.3 Å². The third kappa shape index (κ3) is 6.32. The van der Waals surface area contributed by atoms with Crippen molar-refractivity contribution in [1.82, 2.24) is 4.90 Å². The molecule has 1 aromatic rings. The molecular weight excluding hydrogens is 232 g/mol. The zero-order valence-corrected chi connectivity index (χ0v) is 10.8. The number of benzene rings is 1. The minimum absolute atomic E-state index is 0.898. The highest BCUT2D eigenvalue weighted by molar-refractivity contribution is 7.85. The minimum atomic E-state index is 0.898. The normalized spacial score (nSPS) is 15.5. The average Bonchev–Trinajstić information content (AvgIpc) is 2.40. The van der Waals surface area contributed by atoms with Gasteiger partial charge in [0, 0.05) is 19.6 Å². The van der Waals surface area contributed by atoms with E-state index in [4.69, 9.17) is 10.00 Å². The Morgan fingerprint density at radius 3 is 2.41 bits per heavy atom. The summed E-state index contributed by atoms with van der Waals surface area (Å²) in [6.07, 6.45) is 1.15. The van der Waals surface area contributed by atoms with E-state index in [2.05, 4.69) is 47.9 Å². The predicted molar refractivity (Wildman–Crippen MR) is 72.0 cm³/mol. The van der Waals surface area contributed by atoms with Gasteiger partial charge in [0.05, 0.1) is 13.2 Å². The summed E-state index contributed by atoms with van der Waals surface area (Å²) in [5, 5.41) is 8.63. The molecule has 1 aliphatic rings. The Morgan fingerprint density at radius 1 is 1.24 bits per heavy atom. The van der Waals surface area contributed by atoms with Gasteiger partial charge in [0.2, 0.25) is 0 Å². The van der Waals surface area contributed by atoms with E-state index >= 15 is 0 Å². The van der Waals surface area contributed by atoms with Crippen LogP contribution in [0.2, 0.25) is 0 Å². The summed E-state index contributed by atoms with van der Waals surface area (Å²) in [5.74, 6) is 0. The summed E-state index contributed by atoms with van der Waals surface area (Å²) in [5.41, 5.74) is 1.43. The van der Waals surface area contributed by atoms with Crippen LogP contribution in [0.3, 0.4) is 0 Å². The van der Waals surface area contributed by atoms with E-state index in [0.29, 0.717) is 0 Å². The molecule has 3 nitrogen and oxygen atoms in total. The second-order valence-corrected chi connectivity index (χ2v) is 3.99. The van der Waals surface area contributed by atoms with Crippen molar-refractivity contribution in [3.63, 3.8) is 0 Å². The third-order valence-corrected chi connectivity index (χ3v) is 2.66. The van der Waals surface area contributed by atoms with E-state index in [1.165, 1.54) is 11.0 Å². The molecule has 0 spiro atoms. The molecule has 0 aromatic heterocycles. The molecule has 1 aliphatic heterocycles. The van der Waals surface area contributed by atoms with Gasteiger partial charge in [-0.2, -0.15) is 5.26 Å². The Hall–Kier alpha value is -1.02. The summed E-state index contributed by atoms with van der Waals surface area (Å²) >= 11 is 3.09. The Morgan fingerprint density at radius 2 is 1.82 bits per heavy atom. The number of thiol groups is 1. The van der Waals surface area contributed by atoms with E-state index in [-0.39, 0.29) is 0 Å². The summed E-state index contributed by atoms with van der Waals surface area (Å²) in [4.78, 5) is 2.47. The quantitative estimate of drug-likeness (QED) is 0.658. The Bertz CT molecular complexity index is 331. The highest BCUT2D eigenvalue weighted by Gasteiger charge is 2.09. The zero-order valence-electron chi connectivity index (χ0n) is 9.88. The van der Waals surface area contributed by atoms with Gasteiger partial charge in [-0.3, -0.25) is 4.90 Å². The van der Waals surface area contributed by atoms with Crippen LogP contribution in [0, 0.1) is 10.7 Å². The van der Waals surface area contributed by atoms with Crippen molar-refractivity contribution in [2.24, 2.45) is 0 Å². The molecule has 0 bridgehead atoms. The molecule has 0 aliphatic carbocycles. The molecule has 1 heterocycles. The lowest BCUT2D eigenvalue weighted by atomic mass is 10.1. The average molecular weight is 250 g/mol. The fraction of sp³-hybridized carbons (Fsp3) is 0.462. The van der Waals surface area contributed by atoms with Gasteiger partial charge < -0.3 is 4.74 Å². The molecule has 0 N–H and O–H groups in total. The molecule has 1 fully saturated rings. The Balaban J connectivity index is 0.000000437. The summed E-state index contributed by atoms with van der Waals surface area (Å²) < 4.78 is 5.31. The van der Waals surface area contributed by atoms with Crippen LogP contribution in [0.1, 0.15) is 5.56 Å². The summed E-state index contributed by atoms with van der Waals surface area (Å²) in [6, 6.07) is 10.7. The van der Waals surface area contributed by atoms with Crippen LogP contribution < -0.4 is 0 Å². The molecule has 1 saturated heterocycles. The number of thiocyanates is 1. The first-order valence-corrected chi connectivity index (χ1v) is 6.18. The van der Waals surface area contributed by atoms with Crippen LogP contribution in [0.4, 0.5) is 0 Å². The molecule has 0 saturated carbocycles. The molecule has 0 unspecified atom stereocenters. The molecule has 1 aromatic carbocycles. The lowest BCUT2D eigenvalue weighted by molar-refractivity contribution is 0.0384. The third-order valence-electron chi connectivity index (χ3n) is 2.66. The minimum Gasteiger partial charge on any atom is -0.379 e. The first kappa shape index (κ1) is 14.0. The van der Waals surface area contributed by atoms with Crippen LogP contribution in [-0.4, -0.2) is 37.7 Å². The van der Waals surface area contributed by atoms with Crippen molar-refractivity contribution in [3.8, 4) is 5.40 Å². The topological polar surface area (TPSA) is 36.3 Å². The van der Waals surface area contributed by atoms with Crippen molar-refractivity contribution in [1.29, 1.82) is 5.26 Å². The number of morpholine rings is 1. The number of ether oxygens (including phenoxy) is 1. The highest BCUT2D eigenvalue weighted by Crippen LogP contribution is 2.03. The maximum Gasteiger partial charge on any atom is 0.130 e. The molecule has 0 atom stereocenters. The highest BCUT2D eigenvalue weighted by atomic mass is 32.1. The SMILES string of the molecule is N#CS.c1ccc(CCN2CCOCC2)cc1. The first-order valence-electron chi connectivity index (χ1n) is 5.74. The van der Waals surface area contributed by atoms with E-state index in [0.717, 1.165) is 39.3 Å². The van der Waals surface area contributed by atoms with E-state index < -0.39 is 0 Å². The first-order chi connectivity index (χ1) is 8.36. The van der Waals surface area contributed by atoms with Gasteiger partial charge in [-0.05, 0) is 12.0 Å². The van der Waals surface area contributed by atoms with Gasteiger partial charge in [-0.15, -0.1) is 0 Å². The monoisotopic (exact) mass is 250 g/mol. The summed E-state index contributed by atoms with van der Waals surface area (Å²) in [6.45, 7) is 5.14. The van der Waals surface area contributed by atoms with Gasteiger partial charge in [-0.25, -0.2) is 0 Å². The van der Waals surface area contributed by atoms with Crippen molar-refractivity contribution in [2.45, 2.75) is 6.42 Å². The largest absolute Gasteiger partial charge is 0.379 e. The lowest BCUT2D eigenvalue weighted by Gasteiger charge is -2.26. The Labute approximate surface area is 108 Å². The van der Waals surface area contributed by atoms with Gasteiger partial charge in [0.1, 0.15) is 5.40 Å². The van der Waals surface area contributed by atoms with Crippen LogP contribution >= 0.6 is 12.6 Å². The maximum absolute atomic E-state index is 7.18. The molecule has 17 heavy (non-hydrogen) atoms. The van der Waals surface area contributed by atoms with Gasteiger partial charge in [0.25, 0.3) is 0 Å². The fourth-order valence-electron chi connectivity index (χ4n) is 1.76. The van der Waals surface area contributed by atoms with Gasteiger partial charge >= 0.3 is 0 Å². The second kappa shape index (κ2) is 9.06. The maximum atomic E-state index is 7.18. The van der Waals surface area contributed by atoms with Crippen molar-refractivity contribution in [2.75, 3.05) is 32.8 Å². The number of nitriles is 1. The standard InChI is InChI=1S/C12H17NO.CHNS/c1-2-4-12(5-3-1)6-7-13-8-10-14-11-9-13;2-1-3/h1-5H,6-11H2;3H. The van der Waals surface area contributed by atoms with Crippen LogP contribution in [-0.2, 0) is 11.2 Å². The van der Waals surface area contributed by atoms with Crippen molar-refractivity contribution >= 4 is 12.6 Å². The van der Waals surface area contributed by atoms with Crippen LogP contribution in [0.25, 0.3) is 0 Å². The number of hydrogen-bond acceptors (Lipinski definition) is 4. The molecule has 0 radical (unpaired) electrons. The number of nitrogens with zero attached hydrogens (tertiary/aromatic N) is 2. The van der Waals surface area contributed by atoms with E-state index in [1.807, 2.05) is 0 Å². The molecule has 92 valence electrons. The smallest absolute Gasteiger partial charge is 0.130 e. The Kier molecular flexibility index (Phi) is 7.48. The van der Waals surface area contributed by atoms with E-state index in [1.54, 1.807) is 0 Å². The molecule has 2 rings (SSSR count). The second-order valence-electron chi connectivity index (χ2n) is 3.79. The van der Waals surface area contributed by atoms with Crippen LogP contribution in [0.5, 0.6) is 0 Å². The number of hydrogen-bond donors (Lipinski definition) is 1. The zero-order chi connectivity index (χ0) is 12.3. The molecule has 0 amide bonds. The molecular formula is C13H18N2OS. The van der Waals surface area contributed by atoms with Crippen molar-refractivity contribution in [3.05, 3.63) is 35.9 Å². The lowest BCUT2D eigenvalue weighted by Crippen LogP contribution is -2.37. The fourth-order valence-corrected chi connectivity index (χ4v) is 1.76. The number of rotatable bonds is 3. The van der Waals surface area contributed by atoms with Crippen molar-refractivity contribution < 1.29 is 4.74 Å².